The van der Waals surface area contributed by atoms with Crippen molar-refractivity contribution in [1.82, 2.24) is 14.7 Å². The first-order valence-corrected chi connectivity index (χ1v) is 11.6. The first kappa shape index (κ1) is 21.5. The van der Waals surface area contributed by atoms with Crippen molar-refractivity contribution in [3.8, 4) is 16.9 Å². The summed E-state index contributed by atoms with van der Waals surface area (Å²) in [5.41, 5.74) is 6.24. The summed E-state index contributed by atoms with van der Waals surface area (Å²) in [4.78, 5) is 15.1. The Balaban J connectivity index is 1.88. The Morgan fingerprint density at radius 3 is 2.55 bits per heavy atom. The van der Waals surface area contributed by atoms with Crippen LogP contribution >= 0.6 is 24.0 Å². The van der Waals surface area contributed by atoms with Crippen LogP contribution in [0.4, 0.5) is 0 Å². The Morgan fingerprint density at radius 2 is 1.90 bits per heavy atom. The Morgan fingerprint density at radius 1 is 1.16 bits per heavy atom. The Kier molecular flexibility index (Phi) is 6.12. The number of aryl methyl sites for hydroxylation is 1. The normalized spacial score (nSPS) is 15.5. The fourth-order valence-electron chi connectivity index (χ4n) is 3.58. The van der Waals surface area contributed by atoms with Gasteiger partial charge in [0.2, 0.25) is 0 Å². The van der Waals surface area contributed by atoms with Crippen LogP contribution in [0, 0.1) is 6.92 Å². The number of para-hydroxylation sites is 1. The largest absolute Gasteiger partial charge is 0.293 e. The summed E-state index contributed by atoms with van der Waals surface area (Å²) >= 11 is 6.75. The molecule has 31 heavy (non-hydrogen) atoms. The van der Waals surface area contributed by atoms with E-state index in [0.29, 0.717) is 21.7 Å². The van der Waals surface area contributed by atoms with Gasteiger partial charge in [-0.2, -0.15) is 5.10 Å². The fraction of sp³-hybridized carbons (Fsp3) is 0.240. The molecule has 1 fully saturated rings. The number of amides is 1. The molecule has 0 saturated carbocycles. The van der Waals surface area contributed by atoms with Crippen molar-refractivity contribution in [1.29, 1.82) is 0 Å². The van der Waals surface area contributed by atoms with Gasteiger partial charge >= 0.3 is 0 Å². The molecular formula is C25H25N3OS2. The SMILES string of the molecule is CCN1C(=O)C(=Cc2cn(-c3ccccc3)nc2-c2cc(C(C)C)ccc2C)SC1=S. The molecule has 2 aromatic carbocycles. The molecular weight excluding hydrogens is 422 g/mol. The van der Waals surface area contributed by atoms with Crippen molar-refractivity contribution in [2.24, 2.45) is 0 Å². The molecule has 1 aromatic heterocycles. The lowest BCUT2D eigenvalue weighted by Gasteiger charge is -2.11. The van der Waals surface area contributed by atoms with Gasteiger partial charge in [0.05, 0.1) is 10.6 Å². The zero-order valence-electron chi connectivity index (χ0n) is 18.1. The van der Waals surface area contributed by atoms with E-state index in [0.717, 1.165) is 28.1 Å². The predicted octanol–water partition coefficient (Wildman–Crippen LogP) is 6.19. The lowest BCUT2D eigenvalue weighted by Crippen LogP contribution is -2.27. The highest BCUT2D eigenvalue weighted by Crippen LogP contribution is 2.36. The average Bonchev–Trinajstić information content (AvgIpc) is 3.29. The molecule has 4 rings (SSSR count). The smallest absolute Gasteiger partial charge is 0.266 e. The van der Waals surface area contributed by atoms with E-state index in [1.54, 1.807) is 4.90 Å². The third kappa shape index (κ3) is 4.23. The molecule has 1 aliphatic heterocycles. The number of carbonyl (C=O) groups is 1. The van der Waals surface area contributed by atoms with E-state index < -0.39 is 0 Å². The van der Waals surface area contributed by atoms with E-state index in [9.17, 15) is 4.79 Å². The molecule has 3 aromatic rings. The number of hydrogen-bond acceptors (Lipinski definition) is 4. The maximum absolute atomic E-state index is 12.8. The van der Waals surface area contributed by atoms with Gasteiger partial charge in [0.25, 0.3) is 5.91 Å². The topological polar surface area (TPSA) is 38.1 Å². The van der Waals surface area contributed by atoms with Crippen LogP contribution in [0.5, 0.6) is 0 Å². The van der Waals surface area contributed by atoms with Crippen molar-refractivity contribution in [2.75, 3.05) is 6.54 Å². The standard InChI is InChI=1S/C25H25N3OS2/c1-5-27-24(29)22(31-25(27)30)14-19-15-28(20-9-7-6-8-10-20)26-23(19)21-13-18(16(2)3)12-11-17(21)4/h6-16H,5H2,1-4H3. The number of benzene rings is 2. The predicted molar refractivity (Wildman–Crippen MR) is 133 cm³/mol. The number of carbonyl (C=O) groups excluding carboxylic acids is 1. The van der Waals surface area contributed by atoms with E-state index in [1.165, 1.54) is 17.3 Å². The second-order valence-electron chi connectivity index (χ2n) is 7.87. The van der Waals surface area contributed by atoms with E-state index in [1.807, 2.05) is 54.2 Å². The minimum atomic E-state index is -0.0384. The molecule has 1 amide bonds. The van der Waals surface area contributed by atoms with Crippen molar-refractivity contribution < 1.29 is 4.79 Å². The van der Waals surface area contributed by atoms with Crippen molar-refractivity contribution >= 4 is 40.3 Å². The molecule has 0 atom stereocenters. The zero-order valence-corrected chi connectivity index (χ0v) is 19.8. The van der Waals surface area contributed by atoms with Gasteiger partial charge in [-0.05, 0) is 55.2 Å². The summed E-state index contributed by atoms with van der Waals surface area (Å²) in [6.07, 6.45) is 3.92. The highest BCUT2D eigenvalue weighted by Gasteiger charge is 2.31. The van der Waals surface area contributed by atoms with E-state index in [2.05, 4.69) is 39.0 Å². The van der Waals surface area contributed by atoms with Crippen LogP contribution in [0.25, 0.3) is 23.0 Å². The molecule has 2 heterocycles. The van der Waals surface area contributed by atoms with Crippen LogP contribution in [0.2, 0.25) is 0 Å². The summed E-state index contributed by atoms with van der Waals surface area (Å²) in [6, 6.07) is 16.5. The molecule has 0 bridgehead atoms. The summed E-state index contributed by atoms with van der Waals surface area (Å²) < 4.78 is 2.48. The van der Waals surface area contributed by atoms with Crippen LogP contribution < -0.4 is 0 Å². The van der Waals surface area contributed by atoms with Gasteiger partial charge < -0.3 is 0 Å². The maximum atomic E-state index is 12.8. The maximum Gasteiger partial charge on any atom is 0.266 e. The van der Waals surface area contributed by atoms with Gasteiger partial charge in [0.1, 0.15) is 10.0 Å². The highest BCUT2D eigenvalue weighted by molar-refractivity contribution is 8.26. The molecule has 1 saturated heterocycles. The Labute approximate surface area is 193 Å². The average molecular weight is 448 g/mol. The molecule has 0 spiro atoms. The Bertz CT molecular complexity index is 1180. The van der Waals surface area contributed by atoms with Crippen LogP contribution in [0.15, 0.2) is 59.6 Å². The number of rotatable bonds is 5. The van der Waals surface area contributed by atoms with Crippen LogP contribution in [-0.2, 0) is 4.79 Å². The van der Waals surface area contributed by atoms with Crippen molar-refractivity contribution in [3.05, 3.63) is 76.3 Å². The van der Waals surface area contributed by atoms with Gasteiger partial charge in [0, 0.05) is 23.9 Å². The number of thioether (sulfide) groups is 1. The minimum Gasteiger partial charge on any atom is -0.293 e. The second-order valence-corrected chi connectivity index (χ2v) is 9.54. The number of aromatic nitrogens is 2. The number of nitrogens with zero attached hydrogens (tertiary/aromatic N) is 3. The van der Waals surface area contributed by atoms with E-state index in [4.69, 9.17) is 17.3 Å². The number of hydrogen-bond donors (Lipinski definition) is 0. The summed E-state index contributed by atoms with van der Waals surface area (Å²) in [6.45, 7) is 8.99. The number of thiocarbonyl (C=S) groups is 1. The lowest BCUT2D eigenvalue weighted by atomic mass is 9.95. The van der Waals surface area contributed by atoms with Gasteiger partial charge in [-0.3, -0.25) is 9.69 Å². The van der Waals surface area contributed by atoms with Crippen LogP contribution in [0.1, 0.15) is 43.4 Å². The zero-order chi connectivity index (χ0) is 22.1. The molecule has 1 aliphatic rings. The molecule has 0 aliphatic carbocycles. The quantitative estimate of drug-likeness (QED) is 0.345. The highest BCUT2D eigenvalue weighted by atomic mass is 32.2. The molecule has 6 heteroatoms. The lowest BCUT2D eigenvalue weighted by molar-refractivity contribution is -0.121. The third-order valence-electron chi connectivity index (χ3n) is 5.42. The Hall–Kier alpha value is -2.70. The fourth-order valence-corrected chi connectivity index (χ4v) is 4.96. The van der Waals surface area contributed by atoms with E-state index in [-0.39, 0.29) is 5.91 Å². The van der Waals surface area contributed by atoms with Crippen molar-refractivity contribution in [2.45, 2.75) is 33.6 Å². The van der Waals surface area contributed by atoms with E-state index >= 15 is 0 Å². The van der Waals surface area contributed by atoms with Crippen LogP contribution in [-0.4, -0.2) is 31.5 Å². The number of likely N-dealkylation sites (N-methyl/N-ethyl adjacent to an activating group) is 1. The molecule has 4 nitrogen and oxygen atoms in total. The molecule has 158 valence electrons. The monoisotopic (exact) mass is 447 g/mol. The van der Waals surface area contributed by atoms with Gasteiger partial charge in [-0.1, -0.05) is 68.2 Å². The van der Waals surface area contributed by atoms with Gasteiger partial charge in [-0.25, -0.2) is 4.68 Å². The van der Waals surface area contributed by atoms with Gasteiger partial charge in [0.15, 0.2) is 0 Å². The first-order chi connectivity index (χ1) is 14.9. The second kappa shape index (κ2) is 8.81. The summed E-state index contributed by atoms with van der Waals surface area (Å²) in [7, 11) is 0. The minimum absolute atomic E-state index is 0.0384. The summed E-state index contributed by atoms with van der Waals surface area (Å²) in [5.74, 6) is 0.378. The van der Waals surface area contributed by atoms with Gasteiger partial charge in [-0.15, -0.1) is 0 Å². The van der Waals surface area contributed by atoms with Crippen LogP contribution in [0.3, 0.4) is 0 Å². The first-order valence-electron chi connectivity index (χ1n) is 10.4. The summed E-state index contributed by atoms with van der Waals surface area (Å²) in [5, 5.41) is 4.94. The molecule has 0 radical (unpaired) electrons. The molecule has 0 N–H and O–H groups in total. The third-order valence-corrected chi connectivity index (χ3v) is 6.80. The molecule has 0 unspecified atom stereocenters. The van der Waals surface area contributed by atoms with Crippen molar-refractivity contribution in [3.63, 3.8) is 0 Å².